The number of carbonyl (C=O) groups excluding carboxylic acids is 5. The van der Waals surface area contributed by atoms with E-state index in [-0.39, 0.29) is 74.3 Å². The number of fused-ring (bicyclic) bond motifs is 2. The fourth-order valence-electron chi connectivity index (χ4n) is 5.95. The highest BCUT2D eigenvalue weighted by Gasteiger charge is 2.46. The van der Waals surface area contributed by atoms with E-state index >= 15 is 0 Å². The summed E-state index contributed by atoms with van der Waals surface area (Å²) in [4.78, 5) is 78.7. The molecule has 2 aromatic carbocycles. The molecular formula is C38H47N5O12. The fraction of sp³-hybridized carbons (Fsp3) is 0.421. The van der Waals surface area contributed by atoms with Gasteiger partial charge in [0.25, 0.3) is 5.91 Å². The summed E-state index contributed by atoms with van der Waals surface area (Å²) < 4.78 is 21.8. The molecule has 17 heteroatoms. The van der Waals surface area contributed by atoms with Crippen LogP contribution in [0.25, 0.3) is 0 Å². The number of methoxy groups -OCH3 is 1. The quantitative estimate of drug-likeness (QED) is 0.122. The highest BCUT2D eigenvalue weighted by atomic mass is 16.6. The van der Waals surface area contributed by atoms with Crippen LogP contribution in [0.3, 0.4) is 0 Å². The van der Waals surface area contributed by atoms with Crippen LogP contribution in [0.4, 0.5) is 21.0 Å². The number of ether oxygens (including phenoxy) is 4. The number of aliphatic hydroxyl groups is 1. The smallest absolute Gasteiger partial charge is 0.416 e. The lowest BCUT2D eigenvalue weighted by Crippen LogP contribution is -2.53. The van der Waals surface area contributed by atoms with E-state index in [4.69, 9.17) is 24.1 Å². The summed E-state index contributed by atoms with van der Waals surface area (Å²) in [5.74, 6) is -2.56. The van der Waals surface area contributed by atoms with E-state index in [0.29, 0.717) is 16.8 Å². The average Bonchev–Trinajstić information content (AvgIpc) is 3.52. The molecule has 1 unspecified atom stereocenters. The standard InChI is InChI=1S/C38H47N5O12/c1-7-14-54-37(50)41-32(21(2)3)34(47)39-23(5)33(46)40-25-12-10-24(11-13-25)20-55-38(51)43-27-18-30(53-15-8-9-31(44)45)29(52-6)17-26(27)35(48)42-19-22(4)16-28(42)36(43)49/h7,10-13,17-18,21,23,28,32,36,49H,1,4,8-9,14-16,19-20H2,2-3,5-6H3,(H,39,47)(H,40,46)(H,41,50)(H,44,45)/t23-,28-,32-,36?/m0/s1. The largest absolute Gasteiger partial charge is 0.493 e. The minimum atomic E-state index is -1.53. The van der Waals surface area contributed by atoms with Crippen LogP contribution in [0.2, 0.25) is 0 Å². The molecule has 1 fully saturated rings. The van der Waals surface area contributed by atoms with E-state index < -0.39 is 60.2 Å². The first-order valence-corrected chi connectivity index (χ1v) is 17.6. The number of hydrogen-bond donors (Lipinski definition) is 5. The van der Waals surface area contributed by atoms with E-state index in [1.165, 1.54) is 37.1 Å². The van der Waals surface area contributed by atoms with E-state index in [2.05, 4.69) is 29.1 Å². The minimum Gasteiger partial charge on any atom is -0.493 e. The average molecular weight is 766 g/mol. The summed E-state index contributed by atoms with van der Waals surface area (Å²) in [6.45, 7) is 12.3. The van der Waals surface area contributed by atoms with Gasteiger partial charge in [-0.25, -0.2) is 14.5 Å². The van der Waals surface area contributed by atoms with Gasteiger partial charge in [0, 0.05) is 24.7 Å². The Morgan fingerprint density at radius 2 is 1.73 bits per heavy atom. The maximum absolute atomic E-state index is 13.8. The third-order valence-corrected chi connectivity index (χ3v) is 8.81. The molecule has 4 atom stereocenters. The van der Waals surface area contributed by atoms with Crippen molar-refractivity contribution in [3.05, 3.63) is 72.3 Å². The van der Waals surface area contributed by atoms with Crippen LogP contribution in [0.5, 0.6) is 11.5 Å². The van der Waals surface area contributed by atoms with Crippen molar-refractivity contribution in [2.24, 2.45) is 5.92 Å². The highest BCUT2D eigenvalue weighted by Crippen LogP contribution is 2.42. The molecule has 0 saturated carbocycles. The number of carboxylic acids is 1. The number of anilines is 2. The first kappa shape index (κ1) is 41.7. The van der Waals surface area contributed by atoms with Gasteiger partial charge in [-0.15, -0.1) is 0 Å². The highest BCUT2D eigenvalue weighted by molar-refractivity contribution is 6.06. The molecule has 0 bridgehead atoms. The van der Waals surface area contributed by atoms with Crippen LogP contribution in [0.1, 0.15) is 56.0 Å². The molecule has 0 radical (unpaired) electrons. The van der Waals surface area contributed by atoms with Crippen molar-refractivity contribution >= 4 is 47.3 Å². The van der Waals surface area contributed by atoms with Gasteiger partial charge in [0.15, 0.2) is 17.7 Å². The van der Waals surface area contributed by atoms with E-state index in [9.17, 15) is 33.9 Å². The molecule has 2 aliphatic heterocycles. The molecule has 1 saturated heterocycles. The summed E-state index contributed by atoms with van der Waals surface area (Å²) in [6.07, 6.45) is -1.60. The zero-order valence-electron chi connectivity index (χ0n) is 31.2. The van der Waals surface area contributed by atoms with Crippen LogP contribution >= 0.6 is 0 Å². The van der Waals surface area contributed by atoms with Crippen molar-refractivity contribution in [1.29, 1.82) is 0 Å². The Hall–Kier alpha value is -6.10. The number of carboxylic acid groups (broad SMARTS) is 1. The third kappa shape index (κ3) is 10.5. The summed E-state index contributed by atoms with van der Waals surface area (Å²) in [7, 11) is 1.37. The number of aliphatic carboxylic acids is 1. The van der Waals surface area contributed by atoms with Crippen molar-refractivity contribution in [1.82, 2.24) is 15.5 Å². The molecule has 55 heavy (non-hydrogen) atoms. The van der Waals surface area contributed by atoms with Crippen molar-refractivity contribution in [2.75, 3.05) is 37.1 Å². The van der Waals surface area contributed by atoms with Crippen LogP contribution in [-0.2, 0) is 30.5 Å². The number of aliphatic hydroxyl groups excluding tert-OH is 1. The molecule has 2 aliphatic rings. The molecule has 2 heterocycles. The zero-order chi connectivity index (χ0) is 40.4. The number of amides is 5. The van der Waals surface area contributed by atoms with Gasteiger partial charge in [0.05, 0.1) is 31.0 Å². The van der Waals surface area contributed by atoms with Gasteiger partial charge >= 0.3 is 18.2 Å². The molecular weight excluding hydrogens is 718 g/mol. The van der Waals surface area contributed by atoms with Crippen LogP contribution in [-0.4, -0.2) is 102 Å². The molecule has 0 spiro atoms. The Kier molecular flexibility index (Phi) is 14.2. The normalized spacial score (nSPS) is 17.2. The number of carbonyl (C=O) groups is 6. The van der Waals surface area contributed by atoms with Crippen molar-refractivity contribution in [3.8, 4) is 11.5 Å². The summed E-state index contributed by atoms with van der Waals surface area (Å²) in [5.41, 5.74) is 1.67. The van der Waals surface area contributed by atoms with Crippen LogP contribution in [0, 0.1) is 5.92 Å². The summed E-state index contributed by atoms with van der Waals surface area (Å²) in [6, 6.07) is 6.39. The second kappa shape index (κ2) is 18.8. The zero-order valence-corrected chi connectivity index (χ0v) is 31.2. The number of hydrogen-bond acceptors (Lipinski definition) is 11. The Morgan fingerprint density at radius 1 is 1.02 bits per heavy atom. The summed E-state index contributed by atoms with van der Waals surface area (Å²) in [5, 5.41) is 28.3. The number of nitrogens with one attached hydrogen (secondary N) is 3. The molecule has 4 rings (SSSR count). The van der Waals surface area contributed by atoms with Crippen LogP contribution in [0.15, 0.2) is 61.2 Å². The Bertz CT molecular complexity index is 1800. The van der Waals surface area contributed by atoms with Gasteiger partial charge in [0.1, 0.15) is 25.3 Å². The first-order valence-electron chi connectivity index (χ1n) is 17.6. The lowest BCUT2D eigenvalue weighted by Gasteiger charge is -2.31. The van der Waals surface area contributed by atoms with Gasteiger partial charge in [-0.2, -0.15) is 0 Å². The summed E-state index contributed by atoms with van der Waals surface area (Å²) >= 11 is 0. The maximum atomic E-state index is 13.8. The van der Waals surface area contributed by atoms with Crippen LogP contribution < -0.4 is 30.3 Å². The minimum absolute atomic E-state index is 0.00570. The Morgan fingerprint density at radius 3 is 2.36 bits per heavy atom. The Balaban J connectivity index is 1.44. The SMILES string of the molecule is C=CCOC(=O)N[C@H](C(=O)N[C@@H](C)C(=O)Nc1ccc(COC(=O)N2c3cc(OCCCC(=O)O)c(OC)cc3C(=O)N3CC(=C)C[C@H]3C2O)cc1)C(C)C. The van der Waals surface area contributed by atoms with Gasteiger partial charge in [0.2, 0.25) is 11.8 Å². The van der Waals surface area contributed by atoms with Gasteiger partial charge in [-0.3, -0.25) is 19.2 Å². The van der Waals surface area contributed by atoms with E-state index in [1.807, 2.05) is 0 Å². The predicted molar refractivity (Wildman–Crippen MR) is 199 cm³/mol. The number of rotatable bonds is 16. The lowest BCUT2D eigenvalue weighted by atomic mass is 10.0. The van der Waals surface area contributed by atoms with Gasteiger partial charge < -0.3 is 50.0 Å². The third-order valence-electron chi connectivity index (χ3n) is 8.81. The lowest BCUT2D eigenvalue weighted by molar-refractivity contribution is -0.137. The second-order valence-electron chi connectivity index (χ2n) is 13.3. The van der Waals surface area contributed by atoms with Crippen molar-refractivity contribution < 1.29 is 57.9 Å². The molecule has 296 valence electrons. The van der Waals surface area contributed by atoms with E-state index in [0.717, 1.165) is 4.90 Å². The number of nitrogens with zero attached hydrogens (tertiary/aromatic N) is 2. The van der Waals surface area contributed by atoms with Gasteiger partial charge in [-0.1, -0.05) is 50.8 Å². The van der Waals surface area contributed by atoms with Crippen molar-refractivity contribution in [3.63, 3.8) is 0 Å². The fourth-order valence-corrected chi connectivity index (χ4v) is 5.95. The molecule has 17 nitrogen and oxygen atoms in total. The first-order chi connectivity index (χ1) is 26.1. The molecule has 0 aromatic heterocycles. The molecule has 0 aliphatic carbocycles. The topological polar surface area (TPSA) is 222 Å². The molecule has 2 aromatic rings. The van der Waals surface area contributed by atoms with Gasteiger partial charge in [-0.05, 0) is 49.4 Å². The molecule has 5 N–H and O–H groups in total. The predicted octanol–water partition coefficient (Wildman–Crippen LogP) is 3.56. The number of benzene rings is 2. The van der Waals surface area contributed by atoms with Crippen molar-refractivity contribution in [2.45, 2.75) is 71.0 Å². The second-order valence-corrected chi connectivity index (χ2v) is 13.3. The number of alkyl carbamates (subject to hydrolysis) is 1. The Labute approximate surface area is 318 Å². The monoisotopic (exact) mass is 765 g/mol. The van der Waals surface area contributed by atoms with E-state index in [1.54, 1.807) is 38.1 Å². The molecule has 5 amide bonds. The maximum Gasteiger partial charge on any atom is 0.416 e.